The summed E-state index contributed by atoms with van der Waals surface area (Å²) in [5.74, 6) is 1.84. The Morgan fingerprint density at radius 2 is 1.52 bits per heavy atom. The third-order valence-electron chi connectivity index (χ3n) is 2.17. The molecule has 0 fully saturated rings. The molecular formula is C12H30IN6S2+. The van der Waals surface area contributed by atoms with Crippen LogP contribution in [0.15, 0.2) is 9.98 Å². The lowest BCUT2D eigenvalue weighted by Crippen LogP contribution is -2.58. The highest BCUT2D eigenvalue weighted by atomic mass is 127. The average Bonchev–Trinajstić information content (AvgIpc) is 2.40. The molecule has 0 aromatic carbocycles. The van der Waals surface area contributed by atoms with Gasteiger partial charge in [-0.3, -0.25) is 0 Å². The van der Waals surface area contributed by atoms with Gasteiger partial charge in [-0.25, -0.2) is 9.98 Å². The maximum absolute atomic E-state index is 5.15. The molecule has 9 heteroatoms. The van der Waals surface area contributed by atoms with Gasteiger partial charge in [-0.15, -0.1) is 0 Å². The van der Waals surface area contributed by atoms with E-state index in [0.717, 1.165) is 11.7 Å². The highest BCUT2D eigenvalue weighted by Crippen LogP contribution is 1.98. The predicted molar refractivity (Wildman–Crippen MR) is 111 cm³/mol. The third kappa shape index (κ3) is 19.9. The molecule has 0 saturated carbocycles. The third-order valence-corrected chi connectivity index (χ3v) is 2.91. The van der Waals surface area contributed by atoms with Crippen LogP contribution in [0, 0.1) is 0 Å². The lowest BCUT2D eigenvalue weighted by molar-refractivity contribution is -0.382. The molecule has 0 aromatic heterocycles. The lowest BCUT2D eigenvalue weighted by atomic mass is 10.6. The minimum absolute atomic E-state index is 0.127. The second-order valence-corrected chi connectivity index (χ2v) is 5.59. The first-order chi connectivity index (χ1) is 9.61. The van der Waals surface area contributed by atoms with Crippen LogP contribution in [0.3, 0.4) is 0 Å². The van der Waals surface area contributed by atoms with Gasteiger partial charge >= 0.3 is 0 Å². The van der Waals surface area contributed by atoms with Crippen molar-refractivity contribution in [1.29, 1.82) is 0 Å². The van der Waals surface area contributed by atoms with E-state index in [2.05, 4.69) is 50.5 Å². The number of halogens is 1. The average molecular weight is 449 g/mol. The van der Waals surface area contributed by atoms with E-state index in [1.165, 1.54) is 0 Å². The molecular weight excluding hydrogens is 419 g/mol. The van der Waals surface area contributed by atoms with Gasteiger partial charge in [-0.05, 0) is 37.3 Å². The summed E-state index contributed by atoms with van der Waals surface area (Å²) in [6.45, 7) is 3.83. The Hall–Kier alpha value is -0.130. The number of hydrogen-bond donors (Lipinski definition) is 2. The fourth-order valence-corrected chi connectivity index (χ4v) is 1.03. The molecule has 0 heterocycles. The van der Waals surface area contributed by atoms with Gasteiger partial charge in [0.15, 0.2) is 5.11 Å². The van der Waals surface area contributed by atoms with E-state index in [4.69, 9.17) is 5.73 Å². The van der Waals surface area contributed by atoms with Crippen molar-refractivity contribution < 1.29 is 5.73 Å². The largest absolute Gasteiger partial charge is 0.374 e. The van der Waals surface area contributed by atoms with Crippen molar-refractivity contribution in [2.24, 2.45) is 15.7 Å². The van der Waals surface area contributed by atoms with Gasteiger partial charge in [0, 0.05) is 28.2 Å². The molecule has 0 spiro atoms. The molecule has 126 valence electrons. The molecule has 0 saturated heterocycles. The van der Waals surface area contributed by atoms with Crippen molar-refractivity contribution in [1.82, 2.24) is 9.80 Å². The summed E-state index contributed by atoms with van der Waals surface area (Å²) < 4.78 is 0. The van der Waals surface area contributed by atoms with Crippen LogP contribution in [0.25, 0.3) is 0 Å². The van der Waals surface area contributed by atoms with Crippen LogP contribution in [0.1, 0.15) is 13.8 Å². The molecule has 0 radical (unpaired) electrons. The fourth-order valence-electron chi connectivity index (χ4n) is 0.636. The van der Waals surface area contributed by atoms with Crippen molar-refractivity contribution in [3.63, 3.8) is 0 Å². The standard InChI is InChI=1S/C6H15N3S.C5H11N3S.CH3I/c1-5(9(2)3)8-6(7)10-4;1-4(8(2)3)7-5(6)9;1-2/h6H,7H2,1-4H3;1-3H3,(H2,6,9);1H3/p+1. The molecule has 0 aliphatic carbocycles. The number of aliphatic imine (C=N–C) groups is 2. The van der Waals surface area contributed by atoms with E-state index in [1.807, 2.05) is 63.0 Å². The summed E-state index contributed by atoms with van der Waals surface area (Å²) in [4.78, 5) is 13.9. The minimum Gasteiger partial charge on any atom is -0.374 e. The summed E-state index contributed by atoms with van der Waals surface area (Å²) in [6, 6.07) is 0. The second kappa shape index (κ2) is 16.2. The van der Waals surface area contributed by atoms with Gasteiger partial charge in [0.1, 0.15) is 11.7 Å². The number of amidine groups is 2. The first-order valence-electron chi connectivity index (χ1n) is 6.09. The first-order valence-corrected chi connectivity index (χ1v) is 9.94. The smallest absolute Gasteiger partial charge is 0.227 e. The Kier molecular flexibility index (Phi) is 20.0. The van der Waals surface area contributed by atoms with Gasteiger partial charge < -0.3 is 21.3 Å². The Bertz CT molecular complexity index is 332. The predicted octanol–water partition coefficient (Wildman–Crippen LogP) is 1.12. The van der Waals surface area contributed by atoms with Crippen molar-refractivity contribution in [2.45, 2.75) is 19.3 Å². The van der Waals surface area contributed by atoms with E-state index >= 15 is 0 Å². The SMILES string of the molecule is CC(=NC(N)=S)N(C)C.CI.CSC([NH3+])N=C(C)N(C)C. The van der Waals surface area contributed by atoms with Crippen molar-refractivity contribution in [3.8, 4) is 0 Å². The highest BCUT2D eigenvalue weighted by Gasteiger charge is 2.00. The topological polar surface area (TPSA) is 84.9 Å². The molecule has 1 unspecified atom stereocenters. The van der Waals surface area contributed by atoms with Gasteiger partial charge in [-0.1, -0.05) is 34.4 Å². The fraction of sp³-hybridized carbons (Fsp3) is 0.750. The number of thioether (sulfide) groups is 1. The summed E-state index contributed by atoms with van der Waals surface area (Å²) >= 11 is 8.35. The van der Waals surface area contributed by atoms with Crippen LogP contribution < -0.4 is 11.5 Å². The zero-order valence-electron chi connectivity index (χ0n) is 14.3. The molecule has 21 heavy (non-hydrogen) atoms. The first kappa shape index (κ1) is 25.8. The zero-order chi connectivity index (χ0) is 17.6. The molecule has 0 aromatic rings. The Balaban J connectivity index is -0.000000277. The molecule has 0 amide bonds. The number of rotatable bonds is 2. The van der Waals surface area contributed by atoms with Crippen molar-refractivity contribution in [3.05, 3.63) is 0 Å². The second-order valence-electron chi connectivity index (χ2n) is 4.15. The molecule has 5 N–H and O–H groups in total. The van der Waals surface area contributed by atoms with Crippen LogP contribution in [0.2, 0.25) is 0 Å². The number of nitrogens with zero attached hydrogens (tertiary/aromatic N) is 4. The molecule has 0 bridgehead atoms. The molecule has 6 nitrogen and oxygen atoms in total. The minimum atomic E-state index is 0.127. The summed E-state index contributed by atoms with van der Waals surface area (Å²) in [5, 5.41) is 0.182. The van der Waals surface area contributed by atoms with Crippen LogP contribution >= 0.6 is 46.6 Å². The molecule has 0 rings (SSSR count). The Morgan fingerprint density at radius 3 is 1.71 bits per heavy atom. The normalized spacial score (nSPS) is 12.3. The molecule has 1 atom stereocenters. The van der Waals surface area contributed by atoms with Crippen LogP contribution in [0.5, 0.6) is 0 Å². The summed E-state index contributed by atoms with van der Waals surface area (Å²) in [5.41, 5.74) is 9.10. The van der Waals surface area contributed by atoms with Crippen LogP contribution in [-0.4, -0.2) is 71.5 Å². The summed E-state index contributed by atoms with van der Waals surface area (Å²) in [7, 11) is 7.73. The Morgan fingerprint density at radius 1 is 1.14 bits per heavy atom. The molecule has 0 aliphatic heterocycles. The van der Waals surface area contributed by atoms with Crippen LogP contribution in [0.4, 0.5) is 0 Å². The van der Waals surface area contributed by atoms with E-state index in [0.29, 0.717) is 0 Å². The zero-order valence-corrected chi connectivity index (χ0v) is 18.1. The lowest BCUT2D eigenvalue weighted by Gasteiger charge is -2.11. The number of nitrogens with two attached hydrogens (primary N) is 1. The van der Waals surface area contributed by atoms with E-state index in [-0.39, 0.29) is 10.6 Å². The monoisotopic (exact) mass is 449 g/mol. The number of hydrogen-bond acceptors (Lipinski definition) is 3. The number of alkyl halides is 1. The highest BCUT2D eigenvalue weighted by molar-refractivity contribution is 14.1. The van der Waals surface area contributed by atoms with Gasteiger partial charge in [0.25, 0.3) is 0 Å². The van der Waals surface area contributed by atoms with Crippen LogP contribution in [-0.2, 0) is 0 Å². The van der Waals surface area contributed by atoms with Gasteiger partial charge in [0.2, 0.25) is 5.50 Å². The van der Waals surface area contributed by atoms with E-state index in [9.17, 15) is 0 Å². The Labute approximate surface area is 152 Å². The number of quaternary nitrogens is 1. The van der Waals surface area contributed by atoms with Gasteiger partial charge in [0.05, 0.1) is 0 Å². The summed E-state index contributed by atoms with van der Waals surface area (Å²) in [6.07, 6.45) is 2.00. The van der Waals surface area contributed by atoms with E-state index < -0.39 is 0 Å². The number of thiocarbonyl (C=S) groups is 1. The van der Waals surface area contributed by atoms with E-state index in [1.54, 1.807) is 11.8 Å². The van der Waals surface area contributed by atoms with Crippen molar-refractivity contribution >= 4 is 63.4 Å². The molecule has 0 aliphatic rings. The van der Waals surface area contributed by atoms with Gasteiger partial charge in [-0.2, -0.15) is 0 Å². The quantitative estimate of drug-likeness (QED) is 0.165. The maximum atomic E-state index is 5.15. The van der Waals surface area contributed by atoms with Crippen molar-refractivity contribution in [2.75, 3.05) is 39.4 Å². The maximum Gasteiger partial charge on any atom is 0.227 e.